The second kappa shape index (κ2) is 5.00. The third-order valence-electron chi connectivity index (χ3n) is 4.34. The minimum atomic E-state index is -0.708. The van der Waals surface area contributed by atoms with E-state index in [-0.39, 0.29) is 17.0 Å². The van der Waals surface area contributed by atoms with E-state index in [0.29, 0.717) is 5.75 Å². The summed E-state index contributed by atoms with van der Waals surface area (Å²) in [5.41, 5.74) is 7.43. The number of rotatable bonds is 2. The predicted molar refractivity (Wildman–Crippen MR) is 82.2 cm³/mol. The van der Waals surface area contributed by atoms with Crippen LogP contribution in [-0.4, -0.2) is 6.04 Å². The minimum absolute atomic E-state index is 0.0204. The topological polar surface area (TPSA) is 35.2 Å². The molecule has 0 radical (unpaired) electrons. The van der Waals surface area contributed by atoms with Gasteiger partial charge in [-0.25, -0.2) is 4.39 Å². The Bertz CT molecular complexity index is 674. The lowest BCUT2D eigenvalue weighted by molar-refractivity contribution is 0.0470. The van der Waals surface area contributed by atoms with E-state index < -0.39 is 11.4 Å². The van der Waals surface area contributed by atoms with Crippen molar-refractivity contribution in [3.63, 3.8) is 0 Å². The Balaban J connectivity index is 2.18. The molecule has 0 saturated heterocycles. The average molecular weight is 306 g/mol. The Morgan fingerprint density at radius 3 is 2.57 bits per heavy atom. The summed E-state index contributed by atoms with van der Waals surface area (Å²) in [6, 6.07) is 12.6. The molecule has 110 valence electrons. The van der Waals surface area contributed by atoms with Crippen LogP contribution in [0.2, 0.25) is 5.02 Å². The summed E-state index contributed by atoms with van der Waals surface area (Å²) in [7, 11) is 0. The first-order chi connectivity index (χ1) is 9.96. The van der Waals surface area contributed by atoms with Crippen molar-refractivity contribution in [1.82, 2.24) is 0 Å². The molecule has 3 rings (SSSR count). The molecule has 0 amide bonds. The Labute approximate surface area is 128 Å². The second-order valence-electron chi connectivity index (χ2n) is 5.58. The molecule has 1 heterocycles. The van der Waals surface area contributed by atoms with Crippen LogP contribution in [-0.2, 0) is 5.60 Å². The van der Waals surface area contributed by atoms with E-state index >= 15 is 0 Å². The van der Waals surface area contributed by atoms with Crippen LogP contribution in [0.25, 0.3) is 0 Å². The van der Waals surface area contributed by atoms with Crippen LogP contribution in [0, 0.1) is 5.82 Å². The number of hydrogen-bond donors (Lipinski definition) is 1. The van der Waals surface area contributed by atoms with E-state index in [9.17, 15) is 4.39 Å². The van der Waals surface area contributed by atoms with Crippen molar-refractivity contribution in [2.24, 2.45) is 5.73 Å². The first kappa shape index (κ1) is 14.4. The van der Waals surface area contributed by atoms with Gasteiger partial charge in [-0.05, 0) is 18.6 Å². The fraction of sp³-hybridized carbons (Fsp3) is 0.294. The van der Waals surface area contributed by atoms with Crippen molar-refractivity contribution in [3.05, 3.63) is 64.4 Å². The summed E-state index contributed by atoms with van der Waals surface area (Å²) in [5, 5.41) is 0.109. The molecule has 4 heteroatoms. The standard InChI is InChI=1S/C17H17ClFNO/c1-10-13-8-14(18)15(19)9-16(13)21-17(10,11(2)20)12-6-4-3-5-7-12/h3-11H,20H2,1-2H3/t10-,11?,17+/m0/s1. The highest BCUT2D eigenvalue weighted by Crippen LogP contribution is 2.52. The molecule has 0 aliphatic carbocycles. The average Bonchev–Trinajstić information content (AvgIpc) is 2.75. The zero-order valence-corrected chi connectivity index (χ0v) is 12.7. The lowest BCUT2D eigenvalue weighted by Gasteiger charge is -2.37. The number of hydrogen-bond acceptors (Lipinski definition) is 2. The van der Waals surface area contributed by atoms with Gasteiger partial charge in [0, 0.05) is 23.6 Å². The monoisotopic (exact) mass is 305 g/mol. The molecule has 1 aliphatic rings. The largest absolute Gasteiger partial charge is 0.480 e. The SMILES string of the molecule is CC(N)[C@]1(c2ccccc2)Oc2cc(F)c(Cl)cc2[C@@H]1C. The maximum absolute atomic E-state index is 13.7. The molecule has 0 spiro atoms. The predicted octanol–water partition coefficient (Wildman–Crippen LogP) is 4.22. The third kappa shape index (κ3) is 2.03. The van der Waals surface area contributed by atoms with Crippen molar-refractivity contribution < 1.29 is 9.13 Å². The highest BCUT2D eigenvalue weighted by atomic mass is 35.5. The van der Waals surface area contributed by atoms with Gasteiger partial charge >= 0.3 is 0 Å². The summed E-state index contributed by atoms with van der Waals surface area (Å²) in [4.78, 5) is 0. The molecule has 0 bridgehead atoms. The van der Waals surface area contributed by atoms with Gasteiger partial charge in [0.05, 0.1) is 5.02 Å². The van der Waals surface area contributed by atoms with Gasteiger partial charge in [-0.1, -0.05) is 48.9 Å². The fourth-order valence-corrected chi connectivity index (χ4v) is 3.40. The van der Waals surface area contributed by atoms with E-state index in [4.69, 9.17) is 22.1 Å². The highest BCUT2D eigenvalue weighted by Gasteiger charge is 2.50. The molecule has 0 aromatic heterocycles. The van der Waals surface area contributed by atoms with Gasteiger partial charge < -0.3 is 10.5 Å². The van der Waals surface area contributed by atoms with Gasteiger partial charge in [-0.3, -0.25) is 0 Å². The van der Waals surface area contributed by atoms with E-state index in [1.807, 2.05) is 44.2 Å². The molecule has 0 saturated carbocycles. The number of fused-ring (bicyclic) bond motifs is 1. The summed E-state index contributed by atoms with van der Waals surface area (Å²) in [5.74, 6) is 0.0229. The number of ether oxygens (including phenoxy) is 1. The highest BCUT2D eigenvalue weighted by molar-refractivity contribution is 6.30. The van der Waals surface area contributed by atoms with Crippen LogP contribution < -0.4 is 10.5 Å². The molecule has 2 aromatic carbocycles. The number of nitrogens with two attached hydrogens (primary N) is 1. The van der Waals surface area contributed by atoms with E-state index in [1.165, 1.54) is 6.07 Å². The second-order valence-corrected chi connectivity index (χ2v) is 5.98. The van der Waals surface area contributed by atoms with Crippen LogP contribution in [0.4, 0.5) is 4.39 Å². The van der Waals surface area contributed by atoms with Crippen molar-refractivity contribution in [2.45, 2.75) is 31.4 Å². The molecular formula is C17H17ClFNO. The molecule has 1 unspecified atom stereocenters. The van der Waals surface area contributed by atoms with Gasteiger partial charge in [0.1, 0.15) is 11.6 Å². The minimum Gasteiger partial charge on any atom is -0.480 e. The van der Waals surface area contributed by atoms with Gasteiger partial charge in [0.15, 0.2) is 5.60 Å². The molecule has 0 fully saturated rings. The Morgan fingerprint density at radius 1 is 1.29 bits per heavy atom. The van der Waals surface area contributed by atoms with Crippen molar-refractivity contribution in [2.75, 3.05) is 0 Å². The van der Waals surface area contributed by atoms with Gasteiger partial charge in [0.25, 0.3) is 0 Å². The van der Waals surface area contributed by atoms with Crippen LogP contribution in [0.5, 0.6) is 5.75 Å². The molecule has 21 heavy (non-hydrogen) atoms. The first-order valence-corrected chi connectivity index (χ1v) is 7.33. The molecule has 1 aliphatic heterocycles. The van der Waals surface area contributed by atoms with Crippen LogP contribution in [0.15, 0.2) is 42.5 Å². The van der Waals surface area contributed by atoms with Gasteiger partial charge in [0.2, 0.25) is 0 Å². The fourth-order valence-electron chi connectivity index (χ4n) is 3.23. The van der Waals surface area contributed by atoms with Gasteiger partial charge in [-0.2, -0.15) is 0 Å². The lowest BCUT2D eigenvalue weighted by Crippen LogP contribution is -2.49. The van der Waals surface area contributed by atoms with Crippen LogP contribution in [0.1, 0.15) is 30.9 Å². The van der Waals surface area contributed by atoms with Crippen LogP contribution >= 0.6 is 11.6 Å². The summed E-state index contributed by atoms with van der Waals surface area (Å²) in [6.07, 6.45) is 0. The maximum Gasteiger partial charge on any atom is 0.155 e. The van der Waals surface area contributed by atoms with E-state index in [1.54, 1.807) is 6.07 Å². The Kier molecular flexibility index (Phi) is 3.42. The first-order valence-electron chi connectivity index (χ1n) is 6.96. The van der Waals surface area contributed by atoms with E-state index in [2.05, 4.69) is 0 Å². The molecule has 2 nitrogen and oxygen atoms in total. The van der Waals surface area contributed by atoms with Crippen molar-refractivity contribution in [3.8, 4) is 5.75 Å². The zero-order valence-electron chi connectivity index (χ0n) is 11.9. The number of halogens is 2. The molecular weight excluding hydrogens is 289 g/mol. The molecule has 2 aromatic rings. The third-order valence-corrected chi connectivity index (χ3v) is 4.63. The Hall–Kier alpha value is -1.58. The van der Waals surface area contributed by atoms with Gasteiger partial charge in [-0.15, -0.1) is 0 Å². The summed E-state index contributed by atoms with van der Waals surface area (Å²) in [6.45, 7) is 3.95. The van der Waals surface area contributed by atoms with Crippen molar-refractivity contribution >= 4 is 11.6 Å². The van der Waals surface area contributed by atoms with Crippen molar-refractivity contribution in [1.29, 1.82) is 0 Å². The molecule has 2 N–H and O–H groups in total. The quantitative estimate of drug-likeness (QED) is 0.901. The molecule has 3 atom stereocenters. The van der Waals surface area contributed by atoms with Crippen LogP contribution in [0.3, 0.4) is 0 Å². The normalized spacial score (nSPS) is 25.3. The van der Waals surface area contributed by atoms with E-state index in [0.717, 1.165) is 11.1 Å². The Morgan fingerprint density at radius 2 is 1.95 bits per heavy atom. The summed E-state index contributed by atoms with van der Waals surface area (Å²) >= 11 is 5.91. The maximum atomic E-state index is 13.7. The lowest BCUT2D eigenvalue weighted by atomic mass is 9.76. The summed E-state index contributed by atoms with van der Waals surface area (Å²) < 4.78 is 19.9. The smallest absolute Gasteiger partial charge is 0.155 e. The zero-order chi connectivity index (χ0) is 15.2. The number of benzene rings is 2.